The minimum Gasteiger partial charge on any atom is -0.455 e. The van der Waals surface area contributed by atoms with E-state index in [0.29, 0.717) is 11.3 Å². The molecular formula is C22H23N3O5. The zero-order chi connectivity index (χ0) is 21.7. The van der Waals surface area contributed by atoms with Crippen molar-refractivity contribution in [1.29, 1.82) is 0 Å². The molecule has 8 heteroatoms. The summed E-state index contributed by atoms with van der Waals surface area (Å²) in [5, 5.41) is 2.57. The van der Waals surface area contributed by atoms with Crippen LogP contribution in [0.1, 0.15) is 35.3 Å². The van der Waals surface area contributed by atoms with E-state index in [4.69, 9.17) is 10.5 Å². The molecule has 0 aromatic heterocycles. The fourth-order valence-corrected chi connectivity index (χ4v) is 3.34. The molecule has 1 heterocycles. The molecular weight excluding hydrogens is 386 g/mol. The van der Waals surface area contributed by atoms with E-state index < -0.39 is 30.3 Å². The first-order valence-electron chi connectivity index (χ1n) is 9.56. The first-order chi connectivity index (χ1) is 14.3. The van der Waals surface area contributed by atoms with E-state index in [-0.39, 0.29) is 24.9 Å². The number of esters is 1. The molecule has 1 aliphatic rings. The number of nitrogens with one attached hydrogen (secondary N) is 1. The Balaban J connectivity index is 1.49. The number of amides is 3. The Kier molecular flexibility index (Phi) is 6.46. The number of anilines is 1. The monoisotopic (exact) mass is 409 g/mol. The number of carbonyl (C=O) groups is 4. The van der Waals surface area contributed by atoms with Crippen LogP contribution in [0, 0.1) is 5.92 Å². The molecule has 3 rings (SSSR count). The van der Waals surface area contributed by atoms with Crippen molar-refractivity contribution in [3.8, 4) is 0 Å². The lowest BCUT2D eigenvalue weighted by molar-refractivity contribution is -0.151. The summed E-state index contributed by atoms with van der Waals surface area (Å²) in [4.78, 5) is 49.4. The molecule has 0 spiro atoms. The van der Waals surface area contributed by atoms with Gasteiger partial charge in [0.2, 0.25) is 11.8 Å². The first kappa shape index (κ1) is 21.0. The van der Waals surface area contributed by atoms with Crippen LogP contribution < -0.4 is 11.1 Å². The van der Waals surface area contributed by atoms with Crippen molar-refractivity contribution in [1.82, 2.24) is 4.90 Å². The highest BCUT2D eigenvalue weighted by Gasteiger charge is 2.38. The molecule has 0 saturated carbocycles. The van der Waals surface area contributed by atoms with E-state index >= 15 is 0 Å². The largest absolute Gasteiger partial charge is 0.455 e. The van der Waals surface area contributed by atoms with E-state index in [1.54, 1.807) is 4.90 Å². The molecule has 3 amide bonds. The van der Waals surface area contributed by atoms with Crippen molar-refractivity contribution in [3.63, 3.8) is 0 Å². The Morgan fingerprint density at radius 3 is 2.43 bits per heavy atom. The Hall–Kier alpha value is -3.68. The Labute approximate surface area is 174 Å². The molecule has 2 atom stereocenters. The molecule has 0 unspecified atom stereocenters. The topological polar surface area (TPSA) is 119 Å². The minimum atomic E-state index is -0.605. The summed E-state index contributed by atoms with van der Waals surface area (Å²) in [7, 11) is 0. The normalized spacial score (nSPS) is 16.8. The van der Waals surface area contributed by atoms with Crippen molar-refractivity contribution < 1.29 is 23.9 Å². The first-order valence-corrected chi connectivity index (χ1v) is 9.56. The zero-order valence-electron chi connectivity index (χ0n) is 16.5. The van der Waals surface area contributed by atoms with Crippen LogP contribution in [0.3, 0.4) is 0 Å². The molecule has 1 aliphatic heterocycles. The van der Waals surface area contributed by atoms with Gasteiger partial charge in [-0.25, -0.2) is 0 Å². The van der Waals surface area contributed by atoms with Gasteiger partial charge in [-0.05, 0) is 36.8 Å². The van der Waals surface area contributed by atoms with Crippen LogP contribution in [-0.2, 0) is 19.1 Å². The van der Waals surface area contributed by atoms with Crippen molar-refractivity contribution >= 4 is 29.4 Å². The SMILES string of the molecule is C[C@@H](c1ccccc1)N1C[C@@H](C(=O)OCC(=O)Nc2ccc(C(N)=O)cc2)CC1=O. The number of primary amides is 1. The van der Waals surface area contributed by atoms with Gasteiger partial charge in [-0.2, -0.15) is 0 Å². The number of hydrogen-bond donors (Lipinski definition) is 2. The van der Waals surface area contributed by atoms with E-state index in [9.17, 15) is 19.2 Å². The van der Waals surface area contributed by atoms with Gasteiger partial charge >= 0.3 is 5.97 Å². The maximum absolute atomic E-state index is 12.4. The van der Waals surface area contributed by atoms with Gasteiger partial charge in [0.15, 0.2) is 6.61 Å². The number of ether oxygens (including phenoxy) is 1. The average molecular weight is 409 g/mol. The van der Waals surface area contributed by atoms with Crippen LogP contribution in [0.15, 0.2) is 54.6 Å². The molecule has 2 aromatic rings. The summed E-state index contributed by atoms with van der Waals surface area (Å²) in [6.07, 6.45) is 0.0617. The van der Waals surface area contributed by atoms with Crippen molar-refractivity contribution in [3.05, 3.63) is 65.7 Å². The number of benzene rings is 2. The molecule has 0 bridgehead atoms. The standard InChI is InChI=1S/C22H23N3O5/c1-14(15-5-3-2-4-6-15)25-12-17(11-20(25)27)22(29)30-13-19(26)24-18-9-7-16(8-10-18)21(23)28/h2-10,14,17H,11-13H2,1H3,(H2,23,28)(H,24,26)/t14-,17-/m0/s1. The average Bonchev–Trinajstić information content (AvgIpc) is 3.14. The number of nitrogens with zero attached hydrogens (tertiary/aromatic N) is 1. The summed E-state index contributed by atoms with van der Waals surface area (Å²) in [6, 6.07) is 15.4. The predicted octanol–water partition coefficient (Wildman–Crippen LogP) is 1.88. The Morgan fingerprint density at radius 1 is 1.13 bits per heavy atom. The molecule has 8 nitrogen and oxygen atoms in total. The highest BCUT2D eigenvalue weighted by atomic mass is 16.5. The lowest BCUT2D eigenvalue weighted by atomic mass is 10.1. The molecule has 30 heavy (non-hydrogen) atoms. The number of carbonyl (C=O) groups excluding carboxylic acids is 4. The number of likely N-dealkylation sites (tertiary alicyclic amines) is 1. The minimum absolute atomic E-state index is 0.0617. The lowest BCUT2D eigenvalue weighted by Gasteiger charge is -2.25. The van der Waals surface area contributed by atoms with E-state index in [1.165, 1.54) is 24.3 Å². The second-order valence-electron chi connectivity index (χ2n) is 7.13. The number of hydrogen-bond acceptors (Lipinski definition) is 5. The van der Waals surface area contributed by atoms with Crippen molar-refractivity contribution in [2.45, 2.75) is 19.4 Å². The van der Waals surface area contributed by atoms with Gasteiger partial charge in [0.05, 0.1) is 12.0 Å². The summed E-state index contributed by atoms with van der Waals surface area (Å²) in [5.41, 5.74) is 6.92. The summed E-state index contributed by atoms with van der Waals surface area (Å²) in [5.74, 6) is -2.39. The third kappa shape index (κ3) is 5.02. The molecule has 1 saturated heterocycles. The summed E-state index contributed by atoms with van der Waals surface area (Å²) in [6.45, 7) is 1.71. The van der Waals surface area contributed by atoms with E-state index in [1.807, 2.05) is 37.3 Å². The molecule has 156 valence electrons. The van der Waals surface area contributed by atoms with Gasteiger partial charge in [0.1, 0.15) is 0 Å². The second-order valence-corrected chi connectivity index (χ2v) is 7.13. The number of rotatable bonds is 7. The smallest absolute Gasteiger partial charge is 0.311 e. The van der Waals surface area contributed by atoms with Gasteiger partial charge in [0.25, 0.3) is 5.91 Å². The maximum Gasteiger partial charge on any atom is 0.311 e. The molecule has 0 radical (unpaired) electrons. The predicted molar refractivity (Wildman–Crippen MR) is 109 cm³/mol. The Morgan fingerprint density at radius 2 is 1.80 bits per heavy atom. The zero-order valence-corrected chi connectivity index (χ0v) is 16.5. The van der Waals surface area contributed by atoms with Gasteiger partial charge < -0.3 is 20.7 Å². The van der Waals surface area contributed by atoms with Gasteiger partial charge in [0, 0.05) is 24.2 Å². The van der Waals surface area contributed by atoms with E-state index in [2.05, 4.69) is 5.32 Å². The fraction of sp³-hybridized carbons (Fsp3) is 0.273. The molecule has 2 aromatic carbocycles. The number of nitrogens with two attached hydrogens (primary N) is 1. The van der Waals surface area contributed by atoms with E-state index in [0.717, 1.165) is 5.56 Å². The fourth-order valence-electron chi connectivity index (χ4n) is 3.34. The highest BCUT2D eigenvalue weighted by molar-refractivity contribution is 5.96. The third-order valence-electron chi connectivity index (χ3n) is 5.04. The maximum atomic E-state index is 12.4. The van der Waals surface area contributed by atoms with Crippen LogP contribution in [0.4, 0.5) is 5.69 Å². The van der Waals surface area contributed by atoms with Crippen LogP contribution in [0.2, 0.25) is 0 Å². The highest BCUT2D eigenvalue weighted by Crippen LogP contribution is 2.29. The second kappa shape index (κ2) is 9.21. The lowest BCUT2D eigenvalue weighted by Crippen LogP contribution is -2.30. The quantitative estimate of drug-likeness (QED) is 0.677. The van der Waals surface area contributed by atoms with Crippen molar-refractivity contribution in [2.24, 2.45) is 11.7 Å². The van der Waals surface area contributed by atoms with Crippen molar-refractivity contribution in [2.75, 3.05) is 18.5 Å². The molecule has 1 fully saturated rings. The molecule has 3 N–H and O–H groups in total. The van der Waals surface area contributed by atoms with Crippen LogP contribution in [-0.4, -0.2) is 41.7 Å². The van der Waals surface area contributed by atoms with Gasteiger partial charge in [-0.1, -0.05) is 30.3 Å². The van der Waals surface area contributed by atoms with Crippen LogP contribution >= 0.6 is 0 Å². The van der Waals surface area contributed by atoms with Crippen LogP contribution in [0.5, 0.6) is 0 Å². The third-order valence-corrected chi connectivity index (χ3v) is 5.04. The summed E-state index contributed by atoms with van der Waals surface area (Å²) >= 11 is 0. The summed E-state index contributed by atoms with van der Waals surface area (Å²) < 4.78 is 5.10. The molecule has 0 aliphatic carbocycles. The van der Waals surface area contributed by atoms with Gasteiger partial charge in [-0.3, -0.25) is 19.2 Å². The van der Waals surface area contributed by atoms with Crippen LogP contribution in [0.25, 0.3) is 0 Å². The Bertz CT molecular complexity index is 943. The van der Waals surface area contributed by atoms with Gasteiger partial charge in [-0.15, -0.1) is 0 Å².